The summed E-state index contributed by atoms with van der Waals surface area (Å²) in [4.78, 5) is 26.7. The Balaban J connectivity index is 2.04. The molecule has 6 heteroatoms. The van der Waals surface area contributed by atoms with Crippen LogP contribution in [-0.4, -0.2) is 18.4 Å². The summed E-state index contributed by atoms with van der Waals surface area (Å²) >= 11 is 0. The van der Waals surface area contributed by atoms with Crippen molar-refractivity contribution in [2.24, 2.45) is 0 Å². The highest BCUT2D eigenvalue weighted by atomic mass is 31.2. The van der Waals surface area contributed by atoms with Crippen LogP contribution >= 0.6 is 7.14 Å². The van der Waals surface area contributed by atoms with Gasteiger partial charge in [-0.15, -0.1) is 0 Å². The molecule has 0 spiro atoms. The van der Waals surface area contributed by atoms with Crippen LogP contribution < -0.4 is 15.9 Å². The van der Waals surface area contributed by atoms with Crippen molar-refractivity contribution in [2.75, 3.05) is 6.61 Å². The molecule has 0 aliphatic heterocycles. The van der Waals surface area contributed by atoms with E-state index in [1.807, 2.05) is 0 Å². The maximum Gasteiger partial charge on any atom is 0.357 e. The van der Waals surface area contributed by atoms with Crippen LogP contribution in [0.1, 0.15) is 22.8 Å². The average Bonchev–Trinajstić information content (AvgIpc) is 2.93. The molecule has 0 saturated heterocycles. The van der Waals surface area contributed by atoms with E-state index in [9.17, 15) is 14.2 Å². The van der Waals surface area contributed by atoms with Gasteiger partial charge in [0, 0.05) is 27.0 Å². The number of esters is 1. The third kappa shape index (κ3) is 4.36. The van der Waals surface area contributed by atoms with Crippen molar-refractivity contribution in [1.29, 1.82) is 0 Å². The minimum atomic E-state index is -3.70. The van der Waals surface area contributed by atoms with Crippen molar-refractivity contribution in [3.63, 3.8) is 0 Å². The molecule has 1 unspecified atom stereocenters. The molecule has 4 rings (SSSR count). The van der Waals surface area contributed by atoms with Crippen LogP contribution in [0.3, 0.4) is 0 Å². The normalized spacial score (nSPS) is 13.0. The number of carbonyl (C=O) groups is 2. The Morgan fingerprint density at radius 1 is 0.743 bits per heavy atom. The summed E-state index contributed by atoms with van der Waals surface area (Å²) < 4.78 is 37.1. The van der Waals surface area contributed by atoms with Gasteiger partial charge in [-0.1, -0.05) is 115 Å². The molecule has 0 aliphatic carbocycles. The number of carbonyl (C=O) groups excluding carboxylic acids is 2. The predicted molar refractivity (Wildman–Crippen MR) is 136 cm³/mol. The van der Waals surface area contributed by atoms with Gasteiger partial charge in [0.2, 0.25) is 5.78 Å². The Bertz CT molecular complexity index is 1330. The fourth-order valence-electron chi connectivity index (χ4n) is 4.09. The summed E-state index contributed by atoms with van der Waals surface area (Å²) in [6, 6.07) is 31.1. The Labute approximate surface area is 203 Å². The molecule has 4 aromatic carbocycles. The summed E-state index contributed by atoms with van der Waals surface area (Å²) in [6.07, 6.45) is 0. The first kappa shape index (κ1) is 24.3. The fourth-order valence-corrected chi connectivity index (χ4v) is 6.99. The van der Waals surface area contributed by atoms with E-state index in [-0.39, 0.29) is 23.0 Å². The van der Waals surface area contributed by atoms with E-state index in [0.29, 0.717) is 10.6 Å². The van der Waals surface area contributed by atoms with E-state index >= 15 is 4.39 Å². The number of halogens is 1. The highest BCUT2D eigenvalue weighted by Crippen LogP contribution is 2.46. The Morgan fingerprint density at radius 3 is 1.71 bits per heavy atom. The number of rotatable bonds is 8. The monoisotopic (exact) mass is 486 g/mol. The second-order valence-electron chi connectivity index (χ2n) is 7.87. The van der Waals surface area contributed by atoms with Gasteiger partial charge in [0.15, 0.2) is 7.14 Å². The molecule has 0 radical (unpaired) electrons. The molecule has 0 fully saturated rings. The Hall–Kier alpha value is -3.82. The Kier molecular flexibility index (Phi) is 7.09. The van der Waals surface area contributed by atoms with Crippen LogP contribution in [0.25, 0.3) is 0 Å². The quantitative estimate of drug-likeness (QED) is 0.153. The van der Waals surface area contributed by atoms with Crippen molar-refractivity contribution >= 4 is 34.8 Å². The molecule has 4 nitrogen and oxygen atoms in total. The molecule has 0 saturated carbocycles. The average molecular weight is 486 g/mol. The minimum Gasteiger partial charge on any atom is -0.463 e. The molecule has 0 bridgehead atoms. The maximum absolute atomic E-state index is 17.1. The zero-order valence-electron chi connectivity index (χ0n) is 19.1. The molecule has 1 atom stereocenters. The summed E-state index contributed by atoms with van der Waals surface area (Å²) in [6.45, 7) is 1.42. The van der Waals surface area contributed by atoms with Gasteiger partial charge in [0.05, 0.1) is 6.61 Å². The van der Waals surface area contributed by atoms with E-state index < -0.39 is 24.6 Å². The van der Waals surface area contributed by atoms with Crippen LogP contribution in [0, 0.1) is 0 Å². The molecule has 0 aromatic heterocycles. The molecule has 35 heavy (non-hydrogen) atoms. The van der Waals surface area contributed by atoms with Crippen LogP contribution in [-0.2, 0) is 19.8 Å². The molecular weight excluding hydrogens is 462 g/mol. The lowest BCUT2D eigenvalue weighted by Gasteiger charge is -2.28. The molecule has 4 aromatic rings. The second-order valence-corrected chi connectivity index (χ2v) is 10.6. The van der Waals surface area contributed by atoms with Crippen molar-refractivity contribution in [3.05, 3.63) is 126 Å². The first-order chi connectivity index (χ1) is 16.9. The smallest absolute Gasteiger partial charge is 0.357 e. The summed E-state index contributed by atoms with van der Waals surface area (Å²) in [5.41, 5.74) is -3.48. The molecular formula is C29H24FO4P. The predicted octanol–water partition coefficient (Wildman–Crippen LogP) is 4.94. The van der Waals surface area contributed by atoms with Crippen LogP contribution in [0.4, 0.5) is 4.39 Å². The first-order valence-corrected chi connectivity index (χ1v) is 12.9. The van der Waals surface area contributed by atoms with E-state index in [1.54, 1.807) is 84.9 Å². The van der Waals surface area contributed by atoms with Gasteiger partial charge in [-0.25, -0.2) is 9.18 Å². The van der Waals surface area contributed by atoms with Crippen molar-refractivity contribution in [3.8, 4) is 0 Å². The number of hydrogen-bond donors (Lipinski definition) is 0. The molecule has 0 heterocycles. The summed E-state index contributed by atoms with van der Waals surface area (Å²) in [5.74, 6) is -2.41. The Morgan fingerprint density at radius 2 is 1.20 bits per heavy atom. The minimum absolute atomic E-state index is 0.00658. The number of alkyl halides is 1. The lowest BCUT2D eigenvalue weighted by molar-refractivity contribution is -0.154. The number of ether oxygens (including phenoxy) is 1. The standard InChI is InChI=1S/C29H24FO4P/c1-2-34-28(32)29(30,27(31)22-14-6-3-7-15-22)25-20-12-13-21-26(25)35(33,23-16-8-4-9-17-23)24-18-10-5-11-19-24/h3-21H,2H2,1H3. The number of benzene rings is 4. The van der Waals surface area contributed by atoms with Gasteiger partial charge in [-0.2, -0.15) is 0 Å². The van der Waals surface area contributed by atoms with Gasteiger partial charge in [0.1, 0.15) is 0 Å². The van der Waals surface area contributed by atoms with Gasteiger partial charge >= 0.3 is 5.97 Å². The van der Waals surface area contributed by atoms with Crippen molar-refractivity contribution < 1.29 is 23.3 Å². The zero-order chi connectivity index (χ0) is 24.9. The third-order valence-corrected chi connectivity index (χ3v) is 8.88. The molecule has 0 aliphatic rings. The fraction of sp³-hybridized carbons (Fsp3) is 0.103. The van der Waals surface area contributed by atoms with Gasteiger partial charge < -0.3 is 9.30 Å². The summed E-state index contributed by atoms with van der Waals surface area (Å²) in [7, 11) is -3.70. The zero-order valence-corrected chi connectivity index (χ0v) is 20.0. The maximum atomic E-state index is 17.1. The van der Waals surface area contributed by atoms with Crippen LogP contribution in [0.2, 0.25) is 0 Å². The number of ketones is 1. The number of Topliss-reactive ketones (excluding diaryl/α,β-unsaturated/α-hetero) is 1. The molecule has 0 N–H and O–H groups in total. The van der Waals surface area contributed by atoms with E-state index in [1.165, 1.54) is 37.3 Å². The van der Waals surface area contributed by atoms with Crippen LogP contribution in [0.15, 0.2) is 115 Å². The van der Waals surface area contributed by atoms with Gasteiger partial charge in [0.25, 0.3) is 5.67 Å². The first-order valence-electron chi connectivity index (χ1n) is 11.2. The SMILES string of the molecule is CCOC(=O)C(F)(C(=O)c1ccccc1)c1ccccc1P(=O)(c1ccccc1)c1ccccc1. The summed E-state index contributed by atoms with van der Waals surface area (Å²) in [5, 5.41) is 0.978. The molecule has 0 amide bonds. The molecule has 176 valence electrons. The third-order valence-electron chi connectivity index (χ3n) is 5.76. The lowest BCUT2D eigenvalue weighted by atomic mass is 9.87. The van der Waals surface area contributed by atoms with Crippen LogP contribution in [0.5, 0.6) is 0 Å². The van der Waals surface area contributed by atoms with Gasteiger partial charge in [-0.3, -0.25) is 4.79 Å². The van der Waals surface area contributed by atoms with Crippen molar-refractivity contribution in [1.82, 2.24) is 0 Å². The van der Waals surface area contributed by atoms with E-state index in [0.717, 1.165) is 0 Å². The highest BCUT2D eigenvalue weighted by molar-refractivity contribution is 7.85. The highest BCUT2D eigenvalue weighted by Gasteiger charge is 2.53. The number of hydrogen-bond acceptors (Lipinski definition) is 4. The van der Waals surface area contributed by atoms with E-state index in [4.69, 9.17) is 4.74 Å². The lowest BCUT2D eigenvalue weighted by Crippen LogP contribution is -2.45. The topological polar surface area (TPSA) is 60.4 Å². The van der Waals surface area contributed by atoms with Crippen molar-refractivity contribution in [2.45, 2.75) is 12.6 Å². The second kappa shape index (κ2) is 10.2. The van der Waals surface area contributed by atoms with Gasteiger partial charge in [-0.05, 0) is 6.92 Å². The van der Waals surface area contributed by atoms with E-state index in [2.05, 4.69) is 0 Å². The largest absolute Gasteiger partial charge is 0.463 e.